The molecular formula is C15H23N3O. The van der Waals surface area contributed by atoms with Gasteiger partial charge in [0.15, 0.2) is 0 Å². The van der Waals surface area contributed by atoms with Crippen LogP contribution >= 0.6 is 0 Å². The minimum atomic E-state index is 0.0303. The zero-order chi connectivity index (χ0) is 14.0. The Kier molecular flexibility index (Phi) is 3.80. The van der Waals surface area contributed by atoms with Gasteiger partial charge in [0.2, 0.25) is 0 Å². The van der Waals surface area contributed by atoms with Gasteiger partial charge in [-0.3, -0.25) is 9.69 Å². The number of para-hydroxylation sites is 1. The number of rotatable bonds is 2. The molecule has 0 atom stereocenters. The van der Waals surface area contributed by atoms with E-state index in [1.165, 1.54) is 0 Å². The maximum Gasteiger partial charge on any atom is 0.256 e. The number of carbonyl (C=O) groups excluding carboxylic acids is 1. The molecule has 1 fully saturated rings. The summed E-state index contributed by atoms with van der Waals surface area (Å²) in [5, 5.41) is 3.09. The van der Waals surface area contributed by atoms with Crippen molar-refractivity contribution in [1.29, 1.82) is 0 Å². The Morgan fingerprint density at radius 3 is 2.58 bits per heavy atom. The number of piperazine rings is 1. The van der Waals surface area contributed by atoms with E-state index in [0.29, 0.717) is 0 Å². The summed E-state index contributed by atoms with van der Waals surface area (Å²) in [5.41, 5.74) is 1.68. The third kappa shape index (κ3) is 2.73. The molecule has 104 valence electrons. The second-order valence-corrected chi connectivity index (χ2v) is 5.76. The number of hydrogen-bond acceptors (Lipinski definition) is 3. The minimum Gasteiger partial charge on any atom is -0.387 e. The maximum absolute atomic E-state index is 12.6. The Hall–Kier alpha value is -1.55. The third-order valence-electron chi connectivity index (χ3n) is 4.03. The molecule has 0 radical (unpaired) electrons. The molecule has 1 aromatic carbocycles. The van der Waals surface area contributed by atoms with Crippen molar-refractivity contribution in [1.82, 2.24) is 9.80 Å². The van der Waals surface area contributed by atoms with Crippen LogP contribution in [-0.4, -0.2) is 55.0 Å². The largest absolute Gasteiger partial charge is 0.387 e. The summed E-state index contributed by atoms with van der Waals surface area (Å²) in [7, 11) is 3.96. The number of likely N-dealkylation sites (N-methyl/N-ethyl adjacent to an activating group) is 1. The van der Waals surface area contributed by atoms with E-state index in [9.17, 15) is 4.79 Å². The Balaban J connectivity index is 2.21. The monoisotopic (exact) mass is 261 g/mol. The molecule has 1 saturated heterocycles. The van der Waals surface area contributed by atoms with E-state index in [1.807, 2.05) is 36.2 Å². The molecule has 0 bridgehead atoms. The van der Waals surface area contributed by atoms with Crippen LogP contribution in [0.4, 0.5) is 5.69 Å². The van der Waals surface area contributed by atoms with E-state index in [2.05, 4.69) is 31.1 Å². The number of anilines is 1. The molecule has 4 nitrogen and oxygen atoms in total. The van der Waals surface area contributed by atoms with Crippen molar-refractivity contribution in [3.8, 4) is 0 Å². The van der Waals surface area contributed by atoms with Crippen molar-refractivity contribution in [3.63, 3.8) is 0 Å². The van der Waals surface area contributed by atoms with Crippen molar-refractivity contribution in [3.05, 3.63) is 29.8 Å². The van der Waals surface area contributed by atoms with Gasteiger partial charge in [-0.1, -0.05) is 12.1 Å². The van der Waals surface area contributed by atoms with Crippen molar-refractivity contribution in [2.75, 3.05) is 39.0 Å². The highest BCUT2D eigenvalue weighted by molar-refractivity contribution is 5.99. The topological polar surface area (TPSA) is 35.6 Å². The number of amides is 1. The molecule has 1 amide bonds. The predicted octanol–water partition coefficient (Wildman–Crippen LogP) is 1.89. The van der Waals surface area contributed by atoms with Crippen LogP contribution in [-0.2, 0) is 0 Å². The van der Waals surface area contributed by atoms with Crippen molar-refractivity contribution in [2.45, 2.75) is 19.4 Å². The molecular weight excluding hydrogens is 238 g/mol. The Morgan fingerprint density at radius 2 is 1.95 bits per heavy atom. The summed E-state index contributed by atoms with van der Waals surface area (Å²) in [6.07, 6.45) is 0. The molecule has 1 aliphatic heterocycles. The first-order valence-electron chi connectivity index (χ1n) is 6.73. The van der Waals surface area contributed by atoms with Gasteiger partial charge in [-0.15, -0.1) is 0 Å². The number of hydrogen-bond donors (Lipinski definition) is 1. The molecule has 0 unspecified atom stereocenters. The summed E-state index contributed by atoms with van der Waals surface area (Å²) in [5.74, 6) is 0.117. The average Bonchev–Trinajstić information content (AvgIpc) is 2.41. The Labute approximate surface area is 115 Å². The normalized spacial score (nSPS) is 19.3. The van der Waals surface area contributed by atoms with Crippen LogP contribution in [0.3, 0.4) is 0 Å². The number of nitrogens with zero attached hydrogens (tertiary/aromatic N) is 2. The van der Waals surface area contributed by atoms with Crippen LogP contribution in [0.5, 0.6) is 0 Å². The highest BCUT2D eigenvalue weighted by atomic mass is 16.2. The van der Waals surface area contributed by atoms with Crippen LogP contribution in [0.15, 0.2) is 24.3 Å². The molecule has 0 aliphatic carbocycles. The fraction of sp³-hybridized carbons (Fsp3) is 0.533. The summed E-state index contributed by atoms with van der Waals surface area (Å²) < 4.78 is 0. The molecule has 1 aromatic rings. The van der Waals surface area contributed by atoms with Crippen LogP contribution in [0, 0.1) is 0 Å². The molecule has 1 N–H and O–H groups in total. The summed E-state index contributed by atoms with van der Waals surface area (Å²) in [6, 6.07) is 7.68. The van der Waals surface area contributed by atoms with Gasteiger partial charge < -0.3 is 10.2 Å². The van der Waals surface area contributed by atoms with Gasteiger partial charge in [0, 0.05) is 37.9 Å². The van der Waals surface area contributed by atoms with E-state index in [4.69, 9.17) is 0 Å². The SMILES string of the molecule is CNc1ccccc1C(=O)N1CCN(C)C(C)(C)C1. The van der Waals surface area contributed by atoms with Gasteiger partial charge >= 0.3 is 0 Å². The van der Waals surface area contributed by atoms with E-state index in [-0.39, 0.29) is 11.4 Å². The van der Waals surface area contributed by atoms with Gasteiger partial charge in [-0.2, -0.15) is 0 Å². The second-order valence-electron chi connectivity index (χ2n) is 5.76. The number of nitrogens with one attached hydrogen (secondary N) is 1. The van der Waals surface area contributed by atoms with Crippen LogP contribution < -0.4 is 5.32 Å². The first kappa shape index (κ1) is 13.9. The molecule has 1 aliphatic rings. The van der Waals surface area contributed by atoms with Gasteiger partial charge in [0.1, 0.15) is 0 Å². The lowest BCUT2D eigenvalue weighted by molar-refractivity contribution is 0.0312. The molecule has 1 heterocycles. The van der Waals surface area contributed by atoms with E-state index in [0.717, 1.165) is 30.9 Å². The smallest absolute Gasteiger partial charge is 0.256 e. The van der Waals surface area contributed by atoms with E-state index < -0.39 is 0 Å². The fourth-order valence-corrected chi connectivity index (χ4v) is 2.47. The molecule has 0 spiro atoms. The molecule has 0 saturated carbocycles. The highest BCUT2D eigenvalue weighted by Crippen LogP contribution is 2.23. The van der Waals surface area contributed by atoms with Crippen LogP contribution in [0.1, 0.15) is 24.2 Å². The van der Waals surface area contributed by atoms with Crippen LogP contribution in [0.2, 0.25) is 0 Å². The van der Waals surface area contributed by atoms with E-state index >= 15 is 0 Å². The maximum atomic E-state index is 12.6. The minimum absolute atomic E-state index is 0.0303. The lowest BCUT2D eigenvalue weighted by atomic mass is 9.99. The predicted molar refractivity (Wildman–Crippen MR) is 78.6 cm³/mol. The zero-order valence-electron chi connectivity index (χ0n) is 12.2. The standard InChI is InChI=1S/C15H23N3O/c1-15(2)11-18(10-9-17(15)4)14(19)12-7-5-6-8-13(12)16-3/h5-8,16H,9-11H2,1-4H3. The van der Waals surface area contributed by atoms with Gasteiger partial charge in [0.05, 0.1) is 5.56 Å². The second kappa shape index (κ2) is 5.21. The lowest BCUT2D eigenvalue weighted by Crippen LogP contribution is -2.58. The molecule has 19 heavy (non-hydrogen) atoms. The molecule has 0 aromatic heterocycles. The summed E-state index contributed by atoms with van der Waals surface area (Å²) >= 11 is 0. The van der Waals surface area contributed by atoms with Gasteiger partial charge in [0.25, 0.3) is 5.91 Å². The van der Waals surface area contributed by atoms with Gasteiger partial charge in [-0.05, 0) is 33.0 Å². The summed E-state index contributed by atoms with van der Waals surface area (Å²) in [4.78, 5) is 16.9. The quantitative estimate of drug-likeness (QED) is 0.883. The number of carbonyl (C=O) groups is 1. The van der Waals surface area contributed by atoms with E-state index in [1.54, 1.807) is 0 Å². The van der Waals surface area contributed by atoms with Crippen molar-refractivity contribution >= 4 is 11.6 Å². The summed E-state index contributed by atoms with van der Waals surface area (Å²) in [6.45, 7) is 6.82. The first-order chi connectivity index (χ1) is 8.95. The molecule has 2 rings (SSSR count). The zero-order valence-corrected chi connectivity index (χ0v) is 12.2. The fourth-order valence-electron chi connectivity index (χ4n) is 2.47. The van der Waals surface area contributed by atoms with Crippen molar-refractivity contribution in [2.24, 2.45) is 0 Å². The Bertz CT molecular complexity index is 470. The van der Waals surface area contributed by atoms with Crippen LogP contribution in [0.25, 0.3) is 0 Å². The Morgan fingerprint density at radius 1 is 1.26 bits per heavy atom. The lowest BCUT2D eigenvalue weighted by Gasteiger charge is -2.45. The molecule has 4 heteroatoms. The average molecular weight is 261 g/mol. The highest BCUT2D eigenvalue weighted by Gasteiger charge is 2.33. The third-order valence-corrected chi connectivity index (χ3v) is 4.03. The van der Waals surface area contributed by atoms with Gasteiger partial charge in [-0.25, -0.2) is 0 Å². The number of benzene rings is 1. The van der Waals surface area contributed by atoms with Crippen molar-refractivity contribution < 1.29 is 4.79 Å². The first-order valence-corrected chi connectivity index (χ1v) is 6.73.